The zero-order chi connectivity index (χ0) is 14.9. The number of nitrogens with two attached hydrogens (primary N) is 1. The van der Waals surface area contributed by atoms with Crippen molar-refractivity contribution in [1.82, 2.24) is 9.78 Å². The Balaban J connectivity index is 2.44. The van der Waals surface area contributed by atoms with E-state index in [1.54, 1.807) is 11.6 Å². The first-order chi connectivity index (χ1) is 9.43. The van der Waals surface area contributed by atoms with Crippen LogP contribution in [0, 0.1) is 24.4 Å². The first kappa shape index (κ1) is 14.2. The molecular formula is C13H15F3N4. The fourth-order valence-corrected chi connectivity index (χ4v) is 1.88. The molecule has 1 aromatic heterocycles. The third-order valence-corrected chi connectivity index (χ3v) is 2.86. The molecule has 0 radical (unpaired) electrons. The number of benzene rings is 1. The zero-order valence-corrected chi connectivity index (χ0v) is 11.2. The zero-order valence-electron chi connectivity index (χ0n) is 11.2. The Hall–Kier alpha value is -2.18. The molecule has 7 heteroatoms. The van der Waals surface area contributed by atoms with E-state index < -0.39 is 17.5 Å². The largest absolute Gasteiger partial charge is 0.394 e. The van der Waals surface area contributed by atoms with Gasteiger partial charge in [-0.25, -0.2) is 17.9 Å². The minimum Gasteiger partial charge on any atom is -0.394 e. The van der Waals surface area contributed by atoms with Crippen molar-refractivity contribution in [1.29, 1.82) is 0 Å². The Morgan fingerprint density at radius 3 is 2.65 bits per heavy atom. The lowest BCUT2D eigenvalue weighted by molar-refractivity contribution is 0.498. The highest BCUT2D eigenvalue weighted by molar-refractivity contribution is 5.71. The molecule has 0 unspecified atom stereocenters. The average Bonchev–Trinajstić information content (AvgIpc) is 2.63. The van der Waals surface area contributed by atoms with Gasteiger partial charge in [0, 0.05) is 18.7 Å². The summed E-state index contributed by atoms with van der Waals surface area (Å²) in [6.45, 7) is 4.20. The summed E-state index contributed by atoms with van der Waals surface area (Å²) >= 11 is 0. The van der Waals surface area contributed by atoms with E-state index in [1.807, 2.05) is 6.92 Å². The van der Waals surface area contributed by atoms with Crippen LogP contribution in [0.5, 0.6) is 0 Å². The van der Waals surface area contributed by atoms with E-state index in [1.165, 1.54) is 0 Å². The fourth-order valence-electron chi connectivity index (χ4n) is 1.88. The van der Waals surface area contributed by atoms with Gasteiger partial charge in [-0.1, -0.05) is 6.92 Å². The van der Waals surface area contributed by atoms with Crippen LogP contribution in [0.15, 0.2) is 12.1 Å². The van der Waals surface area contributed by atoms with Gasteiger partial charge in [0.15, 0.2) is 17.5 Å². The molecule has 1 heterocycles. The number of halogens is 3. The molecule has 108 valence electrons. The first-order valence-corrected chi connectivity index (χ1v) is 6.18. The van der Waals surface area contributed by atoms with Crippen LogP contribution in [0.2, 0.25) is 0 Å². The van der Waals surface area contributed by atoms with E-state index >= 15 is 0 Å². The van der Waals surface area contributed by atoms with Crippen LogP contribution in [-0.4, -0.2) is 9.78 Å². The van der Waals surface area contributed by atoms with Gasteiger partial charge in [-0.15, -0.1) is 0 Å². The SMILES string of the molecule is CCCn1nc(C)c(N)c1Nc1cc(F)cc(F)c1F. The quantitative estimate of drug-likeness (QED) is 0.847. The Morgan fingerprint density at radius 1 is 1.30 bits per heavy atom. The molecule has 4 nitrogen and oxygen atoms in total. The molecule has 0 saturated heterocycles. The number of nitrogen functional groups attached to an aromatic ring is 1. The monoisotopic (exact) mass is 284 g/mol. The van der Waals surface area contributed by atoms with Crippen molar-refractivity contribution in [3.8, 4) is 0 Å². The van der Waals surface area contributed by atoms with Crippen molar-refractivity contribution in [2.45, 2.75) is 26.8 Å². The standard InChI is InChI=1S/C13H15F3N4/c1-3-4-20-13(12(17)7(2)19-20)18-10-6-8(14)5-9(15)11(10)16/h5-6,18H,3-4,17H2,1-2H3. The number of aromatic nitrogens is 2. The Bertz CT molecular complexity index is 637. The summed E-state index contributed by atoms with van der Waals surface area (Å²) in [5, 5.41) is 6.81. The van der Waals surface area contributed by atoms with Crippen LogP contribution in [0.4, 0.5) is 30.4 Å². The molecule has 1 aromatic carbocycles. The summed E-state index contributed by atoms with van der Waals surface area (Å²) in [4.78, 5) is 0. The molecule has 0 saturated carbocycles. The van der Waals surface area contributed by atoms with Gasteiger partial charge in [0.2, 0.25) is 0 Å². The molecule has 3 N–H and O–H groups in total. The van der Waals surface area contributed by atoms with E-state index in [2.05, 4.69) is 10.4 Å². The van der Waals surface area contributed by atoms with Crippen LogP contribution in [0.25, 0.3) is 0 Å². The third-order valence-electron chi connectivity index (χ3n) is 2.86. The van der Waals surface area contributed by atoms with Gasteiger partial charge in [0.05, 0.1) is 17.1 Å². The molecule has 0 atom stereocenters. The molecule has 0 amide bonds. The summed E-state index contributed by atoms with van der Waals surface area (Å²) in [6.07, 6.45) is 0.787. The Kier molecular flexibility index (Phi) is 3.87. The lowest BCUT2D eigenvalue weighted by atomic mass is 10.2. The predicted octanol–water partition coefficient (Wildman–Crippen LogP) is 3.34. The maximum Gasteiger partial charge on any atom is 0.182 e. The number of nitrogens with zero attached hydrogens (tertiary/aromatic N) is 2. The van der Waals surface area contributed by atoms with Crippen molar-refractivity contribution < 1.29 is 13.2 Å². The molecule has 0 aliphatic rings. The Labute approximate surface area is 114 Å². The molecule has 0 aliphatic carbocycles. The third kappa shape index (κ3) is 2.56. The molecule has 0 bridgehead atoms. The van der Waals surface area contributed by atoms with Gasteiger partial charge in [-0.3, -0.25) is 0 Å². The number of aryl methyl sites for hydroxylation is 2. The predicted molar refractivity (Wildman–Crippen MR) is 71.3 cm³/mol. The van der Waals surface area contributed by atoms with Crippen molar-refractivity contribution in [2.75, 3.05) is 11.1 Å². The van der Waals surface area contributed by atoms with Gasteiger partial charge in [-0.05, 0) is 13.3 Å². The van der Waals surface area contributed by atoms with Gasteiger partial charge in [0.1, 0.15) is 5.82 Å². The highest BCUT2D eigenvalue weighted by Crippen LogP contribution is 2.29. The van der Waals surface area contributed by atoms with Gasteiger partial charge >= 0.3 is 0 Å². The molecule has 20 heavy (non-hydrogen) atoms. The topological polar surface area (TPSA) is 55.9 Å². The summed E-state index contributed by atoms with van der Waals surface area (Å²) in [5.74, 6) is -2.96. The minimum absolute atomic E-state index is 0.313. The molecule has 0 fully saturated rings. The van der Waals surface area contributed by atoms with Crippen molar-refractivity contribution in [3.05, 3.63) is 35.3 Å². The van der Waals surface area contributed by atoms with E-state index in [0.29, 0.717) is 29.8 Å². The highest BCUT2D eigenvalue weighted by Gasteiger charge is 2.16. The van der Waals surface area contributed by atoms with Crippen molar-refractivity contribution in [3.63, 3.8) is 0 Å². The highest BCUT2D eigenvalue weighted by atomic mass is 19.2. The van der Waals surface area contributed by atoms with Crippen molar-refractivity contribution in [2.24, 2.45) is 0 Å². The number of hydrogen-bond acceptors (Lipinski definition) is 3. The first-order valence-electron chi connectivity index (χ1n) is 6.18. The van der Waals surface area contributed by atoms with E-state index in [0.717, 1.165) is 12.5 Å². The maximum absolute atomic E-state index is 13.6. The molecule has 2 aromatic rings. The van der Waals surface area contributed by atoms with Gasteiger partial charge in [-0.2, -0.15) is 5.10 Å². The molecule has 2 rings (SSSR count). The summed E-state index contributed by atoms with van der Waals surface area (Å²) < 4.78 is 41.6. The average molecular weight is 284 g/mol. The fraction of sp³-hybridized carbons (Fsp3) is 0.308. The Morgan fingerprint density at radius 2 is 2.00 bits per heavy atom. The second kappa shape index (κ2) is 5.44. The normalized spacial score (nSPS) is 10.8. The van der Waals surface area contributed by atoms with Crippen LogP contribution in [-0.2, 0) is 6.54 Å². The number of hydrogen-bond donors (Lipinski definition) is 2. The summed E-state index contributed by atoms with van der Waals surface area (Å²) in [6, 6.07) is 1.36. The number of rotatable bonds is 4. The van der Waals surface area contributed by atoms with Crippen LogP contribution in [0.1, 0.15) is 19.0 Å². The molecular weight excluding hydrogens is 269 g/mol. The van der Waals surface area contributed by atoms with Crippen molar-refractivity contribution >= 4 is 17.2 Å². The lowest BCUT2D eigenvalue weighted by Gasteiger charge is -2.11. The van der Waals surface area contributed by atoms with Crippen LogP contribution in [0.3, 0.4) is 0 Å². The number of anilines is 3. The van der Waals surface area contributed by atoms with Crippen LogP contribution < -0.4 is 11.1 Å². The lowest BCUT2D eigenvalue weighted by Crippen LogP contribution is -2.07. The maximum atomic E-state index is 13.6. The summed E-state index contributed by atoms with van der Waals surface area (Å²) in [5.41, 5.74) is 6.43. The second-order valence-corrected chi connectivity index (χ2v) is 4.44. The summed E-state index contributed by atoms with van der Waals surface area (Å²) in [7, 11) is 0. The van der Waals surface area contributed by atoms with E-state index in [4.69, 9.17) is 5.73 Å². The molecule has 0 spiro atoms. The second-order valence-electron chi connectivity index (χ2n) is 4.44. The smallest absolute Gasteiger partial charge is 0.182 e. The van der Waals surface area contributed by atoms with Gasteiger partial charge in [0.25, 0.3) is 0 Å². The van der Waals surface area contributed by atoms with Crippen LogP contribution >= 0.6 is 0 Å². The van der Waals surface area contributed by atoms with Gasteiger partial charge < -0.3 is 11.1 Å². The number of nitrogens with one attached hydrogen (secondary N) is 1. The minimum atomic E-state index is -1.26. The van der Waals surface area contributed by atoms with E-state index in [-0.39, 0.29) is 5.69 Å². The van der Waals surface area contributed by atoms with E-state index in [9.17, 15) is 13.2 Å². The molecule has 0 aliphatic heterocycles.